The standard InChI is InChI=1S/C20H22N2O3/c1-19(2,3)25-18(23)22-13-16(15-12-21-11-10-17(15)22)20(4,24)14-8-6-5-7-9-14/h5-13,24H,1-4H3. The van der Waals surface area contributed by atoms with Crippen LogP contribution in [-0.4, -0.2) is 26.4 Å². The van der Waals surface area contributed by atoms with Crippen LogP contribution in [0.4, 0.5) is 4.79 Å². The van der Waals surface area contributed by atoms with E-state index >= 15 is 0 Å². The number of carbonyl (C=O) groups is 1. The number of hydrogen-bond acceptors (Lipinski definition) is 4. The van der Waals surface area contributed by atoms with Crippen molar-refractivity contribution >= 4 is 17.0 Å². The Bertz CT molecular complexity index is 906. The molecule has 0 saturated carbocycles. The second-order valence-corrected chi connectivity index (χ2v) is 7.22. The number of aromatic nitrogens is 2. The van der Waals surface area contributed by atoms with Crippen molar-refractivity contribution in [2.75, 3.05) is 0 Å². The van der Waals surface area contributed by atoms with E-state index in [0.29, 0.717) is 16.5 Å². The van der Waals surface area contributed by atoms with Crippen LogP contribution < -0.4 is 0 Å². The lowest BCUT2D eigenvalue weighted by Crippen LogP contribution is -2.27. The van der Waals surface area contributed by atoms with Crippen LogP contribution in [-0.2, 0) is 10.3 Å². The second kappa shape index (κ2) is 6.01. The summed E-state index contributed by atoms with van der Waals surface area (Å²) >= 11 is 0. The lowest BCUT2D eigenvalue weighted by atomic mass is 9.88. The average Bonchev–Trinajstić information content (AvgIpc) is 2.95. The fraction of sp³-hybridized carbons (Fsp3) is 0.300. The van der Waals surface area contributed by atoms with Crippen LogP contribution in [0.2, 0.25) is 0 Å². The van der Waals surface area contributed by atoms with E-state index in [0.717, 1.165) is 5.56 Å². The molecular formula is C20H22N2O3. The number of pyridine rings is 1. The first-order valence-corrected chi connectivity index (χ1v) is 8.17. The number of aliphatic hydroxyl groups is 1. The molecule has 0 spiro atoms. The Kier molecular flexibility index (Phi) is 4.13. The number of hydrogen-bond donors (Lipinski definition) is 1. The van der Waals surface area contributed by atoms with Gasteiger partial charge >= 0.3 is 6.09 Å². The Morgan fingerprint density at radius 1 is 1.12 bits per heavy atom. The molecule has 0 aliphatic carbocycles. The third kappa shape index (κ3) is 3.28. The van der Waals surface area contributed by atoms with E-state index in [-0.39, 0.29) is 0 Å². The Balaban J connectivity index is 2.16. The molecule has 1 unspecified atom stereocenters. The van der Waals surface area contributed by atoms with E-state index in [2.05, 4.69) is 4.98 Å². The third-order valence-corrected chi connectivity index (χ3v) is 4.06. The number of carbonyl (C=O) groups excluding carboxylic acids is 1. The van der Waals surface area contributed by atoms with Crippen molar-refractivity contribution in [1.29, 1.82) is 0 Å². The van der Waals surface area contributed by atoms with Gasteiger partial charge in [-0.25, -0.2) is 4.79 Å². The van der Waals surface area contributed by atoms with Crippen molar-refractivity contribution in [3.05, 3.63) is 66.1 Å². The van der Waals surface area contributed by atoms with Crippen LogP contribution in [0, 0.1) is 0 Å². The van der Waals surface area contributed by atoms with Gasteiger partial charge in [0, 0.05) is 29.5 Å². The molecule has 1 aromatic carbocycles. The normalized spacial score (nSPS) is 14.3. The van der Waals surface area contributed by atoms with Gasteiger partial charge in [0.25, 0.3) is 0 Å². The molecule has 0 radical (unpaired) electrons. The first-order valence-electron chi connectivity index (χ1n) is 8.17. The highest BCUT2D eigenvalue weighted by Crippen LogP contribution is 2.35. The van der Waals surface area contributed by atoms with E-state index in [1.165, 1.54) is 4.57 Å². The molecule has 2 heterocycles. The topological polar surface area (TPSA) is 64.3 Å². The van der Waals surface area contributed by atoms with Gasteiger partial charge < -0.3 is 9.84 Å². The SMILES string of the molecule is CC(C)(C)OC(=O)n1cc(C(C)(O)c2ccccc2)c2cnccc21. The first kappa shape index (κ1) is 17.2. The molecule has 1 N–H and O–H groups in total. The highest BCUT2D eigenvalue weighted by molar-refractivity contribution is 5.92. The van der Waals surface area contributed by atoms with Crippen molar-refractivity contribution in [2.24, 2.45) is 0 Å². The zero-order valence-electron chi connectivity index (χ0n) is 14.9. The quantitative estimate of drug-likeness (QED) is 0.765. The predicted octanol–water partition coefficient (Wildman–Crippen LogP) is 4.08. The molecule has 0 saturated heterocycles. The molecule has 1 atom stereocenters. The average molecular weight is 338 g/mol. The molecule has 5 heteroatoms. The minimum atomic E-state index is -1.27. The second-order valence-electron chi connectivity index (χ2n) is 7.22. The van der Waals surface area contributed by atoms with E-state index in [9.17, 15) is 9.90 Å². The van der Waals surface area contributed by atoms with E-state index in [1.54, 1.807) is 31.6 Å². The number of fused-ring (bicyclic) bond motifs is 1. The number of rotatable bonds is 2. The summed E-state index contributed by atoms with van der Waals surface area (Å²) in [5.74, 6) is 0. The molecular weight excluding hydrogens is 316 g/mol. The third-order valence-electron chi connectivity index (χ3n) is 4.06. The predicted molar refractivity (Wildman–Crippen MR) is 96.5 cm³/mol. The van der Waals surface area contributed by atoms with Crippen LogP contribution in [0.3, 0.4) is 0 Å². The fourth-order valence-electron chi connectivity index (χ4n) is 2.84. The van der Waals surface area contributed by atoms with Crippen LogP contribution in [0.25, 0.3) is 10.9 Å². The van der Waals surface area contributed by atoms with E-state index in [4.69, 9.17) is 4.74 Å². The Hall–Kier alpha value is -2.66. The smallest absolute Gasteiger partial charge is 0.419 e. The molecule has 3 rings (SSSR count). The Morgan fingerprint density at radius 3 is 2.44 bits per heavy atom. The summed E-state index contributed by atoms with van der Waals surface area (Å²) in [5.41, 5.74) is 0.115. The van der Waals surface area contributed by atoms with Crippen LogP contribution in [0.1, 0.15) is 38.8 Å². The van der Waals surface area contributed by atoms with Gasteiger partial charge in [-0.3, -0.25) is 9.55 Å². The maximum Gasteiger partial charge on any atom is 0.419 e. The maximum atomic E-state index is 12.6. The maximum absolute atomic E-state index is 12.6. The first-order chi connectivity index (χ1) is 11.7. The molecule has 0 amide bonds. The van der Waals surface area contributed by atoms with Crippen molar-refractivity contribution in [3.8, 4) is 0 Å². The summed E-state index contributed by atoms with van der Waals surface area (Å²) in [4.78, 5) is 16.7. The van der Waals surface area contributed by atoms with Gasteiger partial charge in [0.1, 0.15) is 11.2 Å². The van der Waals surface area contributed by atoms with Gasteiger partial charge in [-0.2, -0.15) is 0 Å². The van der Waals surface area contributed by atoms with E-state index in [1.807, 2.05) is 51.1 Å². The molecule has 0 aliphatic heterocycles. The molecule has 5 nitrogen and oxygen atoms in total. The lowest BCUT2D eigenvalue weighted by Gasteiger charge is -2.23. The minimum Gasteiger partial charge on any atom is -0.443 e. The molecule has 0 fully saturated rings. The van der Waals surface area contributed by atoms with Crippen molar-refractivity contribution in [3.63, 3.8) is 0 Å². The highest BCUT2D eigenvalue weighted by Gasteiger charge is 2.31. The van der Waals surface area contributed by atoms with Crippen LogP contribution in [0.15, 0.2) is 55.0 Å². The molecule has 0 aliphatic rings. The summed E-state index contributed by atoms with van der Waals surface area (Å²) in [7, 11) is 0. The fourth-order valence-corrected chi connectivity index (χ4v) is 2.84. The molecule has 130 valence electrons. The van der Waals surface area contributed by atoms with Crippen molar-refractivity contribution in [2.45, 2.75) is 38.9 Å². The summed E-state index contributed by atoms with van der Waals surface area (Å²) in [6, 6.07) is 11.1. The Morgan fingerprint density at radius 2 is 1.80 bits per heavy atom. The zero-order valence-corrected chi connectivity index (χ0v) is 14.9. The Labute approximate surface area is 146 Å². The largest absolute Gasteiger partial charge is 0.443 e. The molecule has 25 heavy (non-hydrogen) atoms. The van der Waals surface area contributed by atoms with Crippen molar-refractivity contribution in [1.82, 2.24) is 9.55 Å². The summed E-state index contributed by atoms with van der Waals surface area (Å²) in [5, 5.41) is 11.9. The number of nitrogens with zero attached hydrogens (tertiary/aromatic N) is 2. The highest BCUT2D eigenvalue weighted by atomic mass is 16.6. The van der Waals surface area contributed by atoms with Gasteiger partial charge in [-0.15, -0.1) is 0 Å². The molecule has 3 aromatic rings. The number of benzene rings is 1. The summed E-state index contributed by atoms with van der Waals surface area (Å²) < 4.78 is 6.91. The van der Waals surface area contributed by atoms with Gasteiger partial charge in [-0.05, 0) is 39.3 Å². The zero-order chi connectivity index (χ0) is 18.2. The number of ether oxygens (including phenoxy) is 1. The summed E-state index contributed by atoms with van der Waals surface area (Å²) in [6.07, 6.45) is 4.42. The van der Waals surface area contributed by atoms with Gasteiger partial charge in [0.05, 0.1) is 5.52 Å². The van der Waals surface area contributed by atoms with E-state index < -0.39 is 17.3 Å². The van der Waals surface area contributed by atoms with Crippen LogP contribution >= 0.6 is 0 Å². The van der Waals surface area contributed by atoms with Crippen molar-refractivity contribution < 1.29 is 14.6 Å². The summed E-state index contributed by atoms with van der Waals surface area (Å²) in [6.45, 7) is 7.17. The van der Waals surface area contributed by atoms with Gasteiger partial charge in [0.15, 0.2) is 0 Å². The molecule has 0 bridgehead atoms. The lowest BCUT2D eigenvalue weighted by molar-refractivity contribution is 0.0542. The minimum absolute atomic E-state index is 0.487. The van der Waals surface area contributed by atoms with Gasteiger partial charge in [-0.1, -0.05) is 30.3 Å². The van der Waals surface area contributed by atoms with Gasteiger partial charge in [0.2, 0.25) is 0 Å². The molecule has 2 aromatic heterocycles. The van der Waals surface area contributed by atoms with Crippen LogP contribution in [0.5, 0.6) is 0 Å². The monoisotopic (exact) mass is 338 g/mol.